The Bertz CT molecular complexity index is 1500. The molecule has 1 aromatic carbocycles. The van der Waals surface area contributed by atoms with Gasteiger partial charge in [0.2, 0.25) is 5.65 Å². The van der Waals surface area contributed by atoms with Crippen molar-refractivity contribution < 1.29 is 4.40 Å². The van der Waals surface area contributed by atoms with Gasteiger partial charge in [-0.3, -0.25) is 9.97 Å². The lowest BCUT2D eigenvalue weighted by Gasteiger charge is -2.10. The molecule has 0 aliphatic carbocycles. The Labute approximate surface area is 190 Å². The fourth-order valence-corrected chi connectivity index (χ4v) is 4.20. The Morgan fingerprint density at radius 1 is 0.970 bits per heavy atom. The van der Waals surface area contributed by atoms with E-state index in [2.05, 4.69) is 20.1 Å². The summed E-state index contributed by atoms with van der Waals surface area (Å²) in [5.41, 5.74) is 12.4. The van der Waals surface area contributed by atoms with Gasteiger partial charge in [0, 0.05) is 23.1 Å². The van der Waals surface area contributed by atoms with Crippen LogP contribution in [0.2, 0.25) is 0 Å². The third kappa shape index (κ3) is 3.55. The quantitative estimate of drug-likeness (QED) is 0.419. The van der Waals surface area contributed by atoms with Gasteiger partial charge in [-0.2, -0.15) is 4.68 Å². The molecular weight excluding hydrogens is 414 g/mol. The first-order valence-electron chi connectivity index (χ1n) is 10.7. The van der Waals surface area contributed by atoms with Crippen LogP contribution in [0.3, 0.4) is 0 Å². The van der Waals surface area contributed by atoms with Crippen molar-refractivity contribution in [1.82, 2.24) is 24.7 Å². The molecule has 0 aliphatic rings. The van der Waals surface area contributed by atoms with Gasteiger partial charge in [0.05, 0.1) is 11.3 Å². The number of anilines is 1. The van der Waals surface area contributed by atoms with Gasteiger partial charge >= 0.3 is 11.6 Å². The number of nitrogens with two attached hydrogens (primary N) is 1. The molecule has 4 heterocycles. The number of aromatic amines is 1. The SMILES string of the molecule is Cc1cc(-c2c(-c3ccccc3)nc(N)[n+]3c(=O)n(C(C)c4ccccn4)[nH]c23)cc(C)n1. The summed E-state index contributed by atoms with van der Waals surface area (Å²) in [6, 6.07) is 19.1. The minimum absolute atomic E-state index is 0.114. The number of nitrogens with one attached hydrogen (secondary N) is 1. The van der Waals surface area contributed by atoms with E-state index in [-0.39, 0.29) is 17.7 Å². The van der Waals surface area contributed by atoms with Crippen LogP contribution in [0.25, 0.3) is 28.0 Å². The number of nitrogens with zero attached hydrogens (tertiary/aromatic N) is 5. The van der Waals surface area contributed by atoms with Crippen LogP contribution < -0.4 is 15.8 Å². The molecule has 1 atom stereocenters. The molecule has 0 bridgehead atoms. The number of hydrogen-bond donors (Lipinski definition) is 2. The molecule has 5 rings (SSSR count). The summed E-state index contributed by atoms with van der Waals surface area (Å²) in [4.78, 5) is 27.1. The van der Waals surface area contributed by atoms with Crippen LogP contribution in [-0.2, 0) is 0 Å². The Hall–Kier alpha value is -4.33. The summed E-state index contributed by atoms with van der Waals surface area (Å²) >= 11 is 0. The van der Waals surface area contributed by atoms with Crippen molar-refractivity contribution in [3.8, 4) is 22.4 Å². The minimum Gasteiger partial charge on any atom is -0.319 e. The van der Waals surface area contributed by atoms with Gasteiger partial charge in [-0.15, -0.1) is 9.38 Å². The number of pyridine rings is 2. The highest BCUT2D eigenvalue weighted by Gasteiger charge is 2.28. The minimum atomic E-state index is -0.327. The number of aryl methyl sites for hydroxylation is 2. The largest absolute Gasteiger partial charge is 0.428 e. The predicted molar refractivity (Wildman–Crippen MR) is 127 cm³/mol. The molecule has 33 heavy (non-hydrogen) atoms. The van der Waals surface area contributed by atoms with Crippen LogP contribution in [0, 0.1) is 13.8 Å². The van der Waals surface area contributed by atoms with Crippen molar-refractivity contribution >= 4 is 11.6 Å². The van der Waals surface area contributed by atoms with E-state index in [4.69, 9.17) is 5.73 Å². The maximum absolute atomic E-state index is 13.5. The first kappa shape index (κ1) is 20.6. The Kier molecular flexibility index (Phi) is 4.97. The lowest BCUT2D eigenvalue weighted by molar-refractivity contribution is -0.516. The van der Waals surface area contributed by atoms with Crippen LogP contribution in [-0.4, -0.2) is 24.7 Å². The average molecular weight is 439 g/mol. The molecule has 5 aromatic rings. The van der Waals surface area contributed by atoms with Crippen LogP contribution in [0.1, 0.15) is 30.0 Å². The molecule has 0 fully saturated rings. The summed E-state index contributed by atoms with van der Waals surface area (Å²) in [5.74, 6) is 0.114. The van der Waals surface area contributed by atoms with Gasteiger partial charge in [0.15, 0.2) is 0 Å². The van der Waals surface area contributed by atoms with Gasteiger partial charge in [-0.05, 0) is 50.6 Å². The van der Waals surface area contributed by atoms with E-state index in [1.165, 1.54) is 9.08 Å². The van der Waals surface area contributed by atoms with Gasteiger partial charge in [-0.1, -0.05) is 36.4 Å². The molecule has 0 aliphatic heterocycles. The normalized spacial score (nSPS) is 12.2. The lowest BCUT2D eigenvalue weighted by atomic mass is 9.99. The maximum atomic E-state index is 13.5. The number of nitrogen functional groups attached to an aromatic ring is 1. The number of hydrogen-bond acceptors (Lipinski definition) is 5. The zero-order valence-corrected chi connectivity index (χ0v) is 18.6. The highest BCUT2D eigenvalue weighted by molar-refractivity contribution is 5.88. The van der Waals surface area contributed by atoms with E-state index in [0.29, 0.717) is 11.3 Å². The summed E-state index contributed by atoms with van der Waals surface area (Å²) < 4.78 is 2.96. The smallest absolute Gasteiger partial charge is 0.319 e. The van der Waals surface area contributed by atoms with Gasteiger partial charge in [-0.25, -0.2) is 9.89 Å². The molecule has 8 nitrogen and oxygen atoms in total. The molecule has 0 radical (unpaired) electrons. The van der Waals surface area contributed by atoms with Crippen LogP contribution in [0.5, 0.6) is 0 Å². The maximum Gasteiger partial charge on any atom is 0.428 e. The van der Waals surface area contributed by atoms with E-state index >= 15 is 0 Å². The lowest BCUT2D eigenvalue weighted by Crippen LogP contribution is -2.45. The standard InChI is InChI=1S/C25H23N7O/c1-15-13-19(14-16(2)28-15)21-22(18-9-5-4-6-10-18)29-24(26)31-23(21)30-32(25(31)33)17(3)20-11-7-8-12-27-20/h4-14,17H,1-3H3,(H2,26,28,29,30)/p+1. The third-order valence-electron chi connectivity index (χ3n) is 5.70. The molecule has 0 saturated heterocycles. The Morgan fingerprint density at radius 2 is 1.67 bits per heavy atom. The second-order valence-corrected chi connectivity index (χ2v) is 8.08. The molecule has 0 spiro atoms. The predicted octanol–water partition coefficient (Wildman–Crippen LogP) is 3.24. The van der Waals surface area contributed by atoms with Crippen molar-refractivity contribution in [2.75, 3.05) is 5.73 Å². The van der Waals surface area contributed by atoms with Crippen molar-refractivity contribution in [2.45, 2.75) is 26.8 Å². The fourth-order valence-electron chi connectivity index (χ4n) is 4.20. The summed E-state index contributed by atoms with van der Waals surface area (Å²) in [5, 5.41) is 3.31. The molecule has 8 heteroatoms. The first-order valence-corrected chi connectivity index (χ1v) is 10.7. The average Bonchev–Trinajstić information content (AvgIpc) is 3.16. The van der Waals surface area contributed by atoms with Gasteiger partial charge in [0.1, 0.15) is 11.7 Å². The second kappa shape index (κ2) is 7.98. The topological polar surface area (TPSA) is 107 Å². The van der Waals surface area contributed by atoms with Gasteiger partial charge in [0.25, 0.3) is 0 Å². The van der Waals surface area contributed by atoms with Crippen molar-refractivity contribution in [3.63, 3.8) is 0 Å². The van der Waals surface area contributed by atoms with Crippen LogP contribution in [0.4, 0.5) is 5.95 Å². The number of fused-ring (bicyclic) bond motifs is 1. The molecule has 4 aromatic heterocycles. The van der Waals surface area contributed by atoms with E-state index in [9.17, 15) is 4.79 Å². The van der Waals surface area contributed by atoms with E-state index < -0.39 is 0 Å². The van der Waals surface area contributed by atoms with Gasteiger partial charge < -0.3 is 5.73 Å². The number of benzene rings is 1. The highest BCUT2D eigenvalue weighted by atomic mass is 16.2. The second-order valence-electron chi connectivity index (χ2n) is 8.08. The van der Waals surface area contributed by atoms with Crippen LogP contribution in [0.15, 0.2) is 71.7 Å². The zero-order valence-electron chi connectivity index (χ0n) is 18.6. The van der Waals surface area contributed by atoms with E-state index in [1.807, 2.05) is 81.4 Å². The number of aromatic nitrogens is 6. The summed E-state index contributed by atoms with van der Waals surface area (Å²) in [6.45, 7) is 5.82. The monoisotopic (exact) mass is 438 g/mol. The molecule has 164 valence electrons. The number of H-pyrrole nitrogens is 1. The van der Waals surface area contributed by atoms with Crippen molar-refractivity contribution in [2.24, 2.45) is 0 Å². The van der Waals surface area contributed by atoms with Crippen LogP contribution >= 0.6 is 0 Å². The van der Waals surface area contributed by atoms with Crippen molar-refractivity contribution in [3.05, 3.63) is 94.4 Å². The first-order chi connectivity index (χ1) is 15.9. The fraction of sp³-hybridized carbons (Fsp3) is 0.160. The molecule has 0 amide bonds. The summed E-state index contributed by atoms with van der Waals surface area (Å²) in [6.07, 6.45) is 1.71. The third-order valence-corrected chi connectivity index (χ3v) is 5.70. The van der Waals surface area contributed by atoms with Crippen molar-refractivity contribution in [1.29, 1.82) is 0 Å². The molecule has 0 saturated carbocycles. The van der Waals surface area contributed by atoms with E-state index in [0.717, 1.165) is 33.8 Å². The highest BCUT2D eigenvalue weighted by Crippen LogP contribution is 2.33. The number of rotatable bonds is 4. The zero-order chi connectivity index (χ0) is 23.1. The van der Waals surface area contributed by atoms with E-state index in [1.54, 1.807) is 6.20 Å². The summed E-state index contributed by atoms with van der Waals surface area (Å²) in [7, 11) is 0. The molecule has 3 N–H and O–H groups in total. The Morgan fingerprint density at radius 3 is 2.33 bits per heavy atom. The molecular formula is C25H24N7O+. The molecule has 1 unspecified atom stereocenters. The Balaban J connectivity index is 1.86.